The zero-order chi connectivity index (χ0) is 16.8. The maximum atomic E-state index is 12.2. The SMILES string of the molecule is NC(CCC[C@H](N)C(=O)O)C(=O)n1ncc(-c2ccccc2)n1. The van der Waals surface area contributed by atoms with Crippen LogP contribution < -0.4 is 11.5 Å². The average molecular weight is 317 g/mol. The van der Waals surface area contributed by atoms with E-state index >= 15 is 0 Å². The van der Waals surface area contributed by atoms with Crippen LogP contribution in [-0.4, -0.2) is 44.1 Å². The number of carboxylic acids is 1. The lowest BCUT2D eigenvalue weighted by atomic mass is 10.1. The number of aromatic nitrogens is 3. The Morgan fingerprint density at radius 2 is 1.78 bits per heavy atom. The molecule has 8 nitrogen and oxygen atoms in total. The number of rotatable bonds is 7. The molecule has 2 aromatic rings. The Bertz CT molecular complexity index is 671. The molecule has 0 fully saturated rings. The highest BCUT2D eigenvalue weighted by atomic mass is 16.4. The third-order valence-corrected chi connectivity index (χ3v) is 3.42. The van der Waals surface area contributed by atoms with Crippen molar-refractivity contribution in [3.8, 4) is 11.3 Å². The molecule has 0 saturated carbocycles. The van der Waals surface area contributed by atoms with Crippen molar-refractivity contribution in [1.82, 2.24) is 15.0 Å². The van der Waals surface area contributed by atoms with Gasteiger partial charge in [0.05, 0.1) is 12.2 Å². The Labute approximate surface area is 133 Å². The first kappa shape index (κ1) is 16.8. The zero-order valence-electron chi connectivity index (χ0n) is 12.5. The van der Waals surface area contributed by atoms with E-state index in [0.29, 0.717) is 18.5 Å². The summed E-state index contributed by atoms with van der Waals surface area (Å²) in [5.41, 5.74) is 12.7. The van der Waals surface area contributed by atoms with E-state index in [0.717, 1.165) is 10.4 Å². The van der Waals surface area contributed by atoms with Gasteiger partial charge in [0, 0.05) is 5.56 Å². The summed E-state index contributed by atoms with van der Waals surface area (Å²) in [6, 6.07) is 7.62. The van der Waals surface area contributed by atoms with E-state index in [9.17, 15) is 9.59 Å². The van der Waals surface area contributed by atoms with Crippen LogP contribution in [0.2, 0.25) is 0 Å². The second-order valence-electron chi connectivity index (χ2n) is 5.21. The van der Waals surface area contributed by atoms with Crippen LogP contribution in [0.25, 0.3) is 11.3 Å². The molecule has 8 heteroatoms. The van der Waals surface area contributed by atoms with Crippen LogP contribution in [0.1, 0.15) is 24.1 Å². The van der Waals surface area contributed by atoms with Crippen molar-refractivity contribution in [2.24, 2.45) is 11.5 Å². The molecular weight excluding hydrogens is 298 g/mol. The lowest BCUT2D eigenvalue weighted by molar-refractivity contribution is -0.138. The molecule has 2 rings (SSSR count). The van der Waals surface area contributed by atoms with Gasteiger partial charge < -0.3 is 16.6 Å². The van der Waals surface area contributed by atoms with Gasteiger partial charge in [-0.05, 0) is 19.3 Å². The van der Waals surface area contributed by atoms with Gasteiger partial charge >= 0.3 is 5.97 Å². The lowest BCUT2D eigenvalue weighted by Crippen LogP contribution is -2.37. The van der Waals surface area contributed by atoms with E-state index < -0.39 is 24.0 Å². The van der Waals surface area contributed by atoms with Crippen molar-refractivity contribution >= 4 is 11.9 Å². The minimum absolute atomic E-state index is 0.262. The van der Waals surface area contributed by atoms with Crippen molar-refractivity contribution < 1.29 is 14.7 Å². The van der Waals surface area contributed by atoms with Gasteiger partial charge in [-0.3, -0.25) is 9.59 Å². The molecule has 1 aromatic heterocycles. The molecule has 122 valence electrons. The second kappa shape index (κ2) is 7.61. The first-order valence-electron chi connectivity index (χ1n) is 7.25. The molecule has 1 unspecified atom stereocenters. The monoisotopic (exact) mass is 317 g/mol. The normalized spacial score (nSPS) is 13.5. The van der Waals surface area contributed by atoms with Crippen LogP contribution >= 0.6 is 0 Å². The molecule has 0 aliphatic heterocycles. The smallest absolute Gasteiger partial charge is 0.320 e. The number of aliphatic carboxylic acids is 1. The van der Waals surface area contributed by atoms with Crippen molar-refractivity contribution in [1.29, 1.82) is 0 Å². The van der Waals surface area contributed by atoms with E-state index in [1.807, 2.05) is 30.3 Å². The predicted octanol–water partition coefficient (Wildman–Crippen LogP) is 0.495. The van der Waals surface area contributed by atoms with Crippen LogP contribution in [-0.2, 0) is 4.79 Å². The third-order valence-electron chi connectivity index (χ3n) is 3.42. The highest BCUT2D eigenvalue weighted by Crippen LogP contribution is 2.14. The number of nitrogens with zero attached hydrogens (tertiary/aromatic N) is 3. The summed E-state index contributed by atoms with van der Waals surface area (Å²) >= 11 is 0. The molecule has 0 radical (unpaired) electrons. The predicted molar refractivity (Wildman–Crippen MR) is 83.5 cm³/mol. The fraction of sp³-hybridized carbons (Fsp3) is 0.333. The Kier molecular flexibility index (Phi) is 5.56. The standard InChI is InChI=1S/C15H19N5O3/c16-11(7-4-8-12(17)15(22)23)14(21)20-18-9-13(19-20)10-5-2-1-3-6-10/h1-3,5-6,9,11-12H,4,7-8,16-17H2,(H,22,23)/t11?,12-/m0/s1. The van der Waals surface area contributed by atoms with Gasteiger partial charge in [-0.2, -0.15) is 5.10 Å². The summed E-state index contributed by atoms with van der Waals surface area (Å²) < 4.78 is 0. The Morgan fingerprint density at radius 3 is 2.43 bits per heavy atom. The van der Waals surface area contributed by atoms with Gasteiger partial charge in [-0.25, -0.2) is 0 Å². The Morgan fingerprint density at radius 1 is 1.13 bits per heavy atom. The molecule has 0 bridgehead atoms. The Hall–Kier alpha value is -2.58. The van der Waals surface area contributed by atoms with Crippen molar-refractivity contribution in [3.05, 3.63) is 36.5 Å². The van der Waals surface area contributed by atoms with Crippen LogP contribution in [0, 0.1) is 0 Å². The van der Waals surface area contributed by atoms with E-state index in [2.05, 4.69) is 10.2 Å². The molecular formula is C15H19N5O3. The van der Waals surface area contributed by atoms with Crippen LogP contribution in [0.5, 0.6) is 0 Å². The fourth-order valence-corrected chi connectivity index (χ4v) is 2.06. The quantitative estimate of drug-likeness (QED) is 0.676. The van der Waals surface area contributed by atoms with Gasteiger partial charge in [0.15, 0.2) is 0 Å². The van der Waals surface area contributed by atoms with Gasteiger partial charge in [-0.1, -0.05) is 30.3 Å². The van der Waals surface area contributed by atoms with E-state index in [1.165, 1.54) is 6.20 Å². The van der Waals surface area contributed by atoms with Crippen molar-refractivity contribution in [2.45, 2.75) is 31.3 Å². The fourth-order valence-electron chi connectivity index (χ4n) is 2.06. The zero-order valence-corrected chi connectivity index (χ0v) is 12.5. The molecule has 0 spiro atoms. The van der Waals surface area contributed by atoms with Crippen molar-refractivity contribution in [3.63, 3.8) is 0 Å². The van der Waals surface area contributed by atoms with Gasteiger partial charge in [0.25, 0.3) is 5.91 Å². The summed E-state index contributed by atoms with van der Waals surface area (Å²) in [5.74, 6) is -1.50. The summed E-state index contributed by atoms with van der Waals surface area (Å²) in [6.45, 7) is 0. The number of carbonyl (C=O) groups is 2. The van der Waals surface area contributed by atoms with Gasteiger partial charge in [-0.15, -0.1) is 9.90 Å². The van der Waals surface area contributed by atoms with Crippen LogP contribution in [0.15, 0.2) is 36.5 Å². The molecule has 1 aromatic carbocycles. The van der Waals surface area contributed by atoms with E-state index in [1.54, 1.807) is 0 Å². The van der Waals surface area contributed by atoms with Gasteiger partial charge in [0.1, 0.15) is 11.7 Å². The maximum absolute atomic E-state index is 12.2. The molecule has 0 saturated heterocycles. The minimum atomic E-state index is -1.06. The van der Waals surface area contributed by atoms with Crippen molar-refractivity contribution in [2.75, 3.05) is 0 Å². The highest BCUT2D eigenvalue weighted by Gasteiger charge is 2.19. The van der Waals surface area contributed by atoms with Gasteiger partial charge in [0.2, 0.25) is 0 Å². The summed E-state index contributed by atoms with van der Waals surface area (Å²) in [6.07, 6.45) is 2.52. The number of benzene rings is 1. The number of nitrogens with two attached hydrogens (primary N) is 2. The topological polar surface area (TPSA) is 137 Å². The Balaban J connectivity index is 1.93. The lowest BCUT2D eigenvalue weighted by Gasteiger charge is -2.10. The molecule has 0 amide bonds. The molecule has 5 N–H and O–H groups in total. The molecule has 1 heterocycles. The number of hydrogen-bond donors (Lipinski definition) is 3. The first-order valence-corrected chi connectivity index (χ1v) is 7.25. The molecule has 0 aliphatic rings. The largest absolute Gasteiger partial charge is 0.480 e. The van der Waals surface area contributed by atoms with E-state index in [-0.39, 0.29) is 6.42 Å². The molecule has 0 aliphatic carbocycles. The summed E-state index contributed by atoms with van der Waals surface area (Å²) in [4.78, 5) is 23.8. The number of hydrogen-bond acceptors (Lipinski definition) is 6. The number of carbonyl (C=O) groups excluding carboxylic acids is 1. The van der Waals surface area contributed by atoms with E-state index in [4.69, 9.17) is 16.6 Å². The third kappa shape index (κ3) is 4.44. The maximum Gasteiger partial charge on any atom is 0.320 e. The first-order chi connectivity index (χ1) is 11.0. The average Bonchev–Trinajstić information content (AvgIpc) is 3.04. The summed E-state index contributed by atoms with van der Waals surface area (Å²) in [7, 11) is 0. The van der Waals surface area contributed by atoms with Crippen LogP contribution in [0.3, 0.4) is 0 Å². The minimum Gasteiger partial charge on any atom is -0.480 e. The van der Waals surface area contributed by atoms with Crippen LogP contribution in [0.4, 0.5) is 0 Å². The number of carboxylic acid groups (broad SMARTS) is 1. The molecule has 23 heavy (non-hydrogen) atoms. The summed E-state index contributed by atoms with van der Waals surface area (Å²) in [5, 5.41) is 16.8. The molecule has 2 atom stereocenters. The highest BCUT2D eigenvalue weighted by molar-refractivity contribution is 5.82. The second-order valence-corrected chi connectivity index (χ2v) is 5.21.